The fourth-order valence-electron chi connectivity index (χ4n) is 1.61. The molecule has 0 aliphatic rings. The van der Waals surface area contributed by atoms with Gasteiger partial charge in [-0.2, -0.15) is 0 Å². The van der Waals surface area contributed by atoms with E-state index in [-0.39, 0.29) is 12.2 Å². The van der Waals surface area contributed by atoms with Crippen molar-refractivity contribution in [3.63, 3.8) is 0 Å². The van der Waals surface area contributed by atoms with Crippen LogP contribution >= 0.6 is 0 Å². The number of rotatable bonds is 12. The second kappa shape index (κ2) is 11.6. The summed E-state index contributed by atoms with van der Waals surface area (Å²) in [5.74, 6) is 0. The molecule has 126 valence electrons. The molecule has 0 aromatic heterocycles. The molecule has 0 radical (unpaired) electrons. The van der Waals surface area contributed by atoms with Crippen LogP contribution in [0.1, 0.15) is 51.7 Å². The fraction of sp³-hybridized carbons (Fsp3) is 0.667. The first-order valence-corrected chi connectivity index (χ1v) is 8.12. The molecule has 0 N–H and O–H groups in total. The SMILES string of the molecule is CCC(C)OCOCc1ccc(COCOC(C)CC)cc1. The fourth-order valence-corrected chi connectivity index (χ4v) is 1.61. The van der Waals surface area contributed by atoms with E-state index in [0.29, 0.717) is 26.8 Å². The summed E-state index contributed by atoms with van der Waals surface area (Å²) in [5, 5.41) is 0. The molecule has 0 aliphatic carbocycles. The Morgan fingerprint density at radius 3 is 1.41 bits per heavy atom. The van der Waals surface area contributed by atoms with E-state index in [1.807, 2.05) is 13.8 Å². The Bertz CT molecular complexity index is 340. The van der Waals surface area contributed by atoms with Crippen LogP contribution in [0.25, 0.3) is 0 Å². The zero-order valence-corrected chi connectivity index (χ0v) is 14.3. The van der Waals surface area contributed by atoms with Crippen molar-refractivity contribution in [2.24, 2.45) is 0 Å². The van der Waals surface area contributed by atoms with Gasteiger partial charge in [0, 0.05) is 0 Å². The minimum Gasteiger partial charge on any atom is -0.352 e. The molecule has 0 fully saturated rings. The molecule has 2 atom stereocenters. The molecule has 4 nitrogen and oxygen atoms in total. The highest BCUT2D eigenvalue weighted by Crippen LogP contribution is 2.08. The van der Waals surface area contributed by atoms with Gasteiger partial charge in [0.1, 0.15) is 13.6 Å². The van der Waals surface area contributed by atoms with Gasteiger partial charge in [-0.15, -0.1) is 0 Å². The minimum absolute atomic E-state index is 0.247. The first-order chi connectivity index (χ1) is 10.7. The molecule has 1 rings (SSSR count). The summed E-state index contributed by atoms with van der Waals surface area (Å²) in [6.45, 7) is 10.1. The molecule has 1 aromatic carbocycles. The lowest BCUT2D eigenvalue weighted by molar-refractivity contribution is -0.0917. The van der Waals surface area contributed by atoms with Gasteiger partial charge in [-0.25, -0.2) is 0 Å². The van der Waals surface area contributed by atoms with Gasteiger partial charge in [0.25, 0.3) is 0 Å². The summed E-state index contributed by atoms with van der Waals surface area (Å²) in [4.78, 5) is 0. The predicted octanol–water partition coefficient (Wildman–Crippen LogP) is 4.27. The van der Waals surface area contributed by atoms with Gasteiger partial charge < -0.3 is 18.9 Å². The van der Waals surface area contributed by atoms with E-state index in [9.17, 15) is 0 Å². The van der Waals surface area contributed by atoms with Crippen LogP contribution in [0.5, 0.6) is 0 Å². The van der Waals surface area contributed by atoms with E-state index < -0.39 is 0 Å². The number of benzene rings is 1. The molecule has 0 aliphatic heterocycles. The summed E-state index contributed by atoms with van der Waals surface area (Å²) in [7, 11) is 0. The third-order valence-electron chi connectivity index (χ3n) is 3.58. The van der Waals surface area contributed by atoms with E-state index in [1.165, 1.54) is 0 Å². The Kier molecular flexibility index (Phi) is 10.1. The molecule has 0 bridgehead atoms. The van der Waals surface area contributed by atoms with Gasteiger partial charge >= 0.3 is 0 Å². The number of ether oxygens (including phenoxy) is 4. The molecule has 22 heavy (non-hydrogen) atoms. The largest absolute Gasteiger partial charge is 0.352 e. The van der Waals surface area contributed by atoms with Crippen LogP contribution in [0.15, 0.2) is 24.3 Å². The van der Waals surface area contributed by atoms with Gasteiger partial charge in [-0.3, -0.25) is 0 Å². The van der Waals surface area contributed by atoms with E-state index in [1.54, 1.807) is 0 Å². The Balaban J connectivity index is 2.17. The molecular formula is C18H30O4. The number of hydrogen-bond donors (Lipinski definition) is 0. The third kappa shape index (κ3) is 8.49. The van der Waals surface area contributed by atoms with E-state index in [0.717, 1.165) is 24.0 Å². The maximum absolute atomic E-state index is 5.50. The van der Waals surface area contributed by atoms with Crippen molar-refractivity contribution in [1.82, 2.24) is 0 Å². The topological polar surface area (TPSA) is 36.9 Å². The van der Waals surface area contributed by atoms with Crippen LogP contribution in [-0.4, -0.2) is 25.8 Å². The van der Waals surface area contributed by atoms with Crippen molar-refractivity contribution in [2.75, 3.05) is 13.6 Å². The second-order valence-electron chi connectivity index (χ2n) is 5.52. The average Bonchev–Trinajstić information content (AvgIpc) is 2.56. The highest BCUT2D eigenvalue weighted by molar-refractivity contribution is 5.21. The summed E-state index contributed by atoms with van der Waals surface area (Å²) >= 11 is 0. The molecule has 0 saturated heterocycles. The monoisotopic (exact) mass is 310 g/mol. The summed E-state index contributed by atoms with van der Waals surface area (Å²) in [6, 6.07) is 8.21. The Morgan fingerprint density at radius 1 is 0.727 bits per heavy atom. The van der Waals surface area contributed by atoms with Crippen molar-refractivity contribution in [2.45, 2.75) is 66.0 Å². The highest BCUT2D eigenvalue weighted by Gasteiger charge is 2.00. The van der Waals surface area contributed by atoms with E-state index >= 15 is 0 Å². The van der Waals surface area contributed by atoms with E-state index in [2.05, 4.69) is 38.1 Å². The zero-order chi connectivity index (χ0) is 16.2. The second-order valence-corrected chi connectivity index (χ2v) is 5.52. The molecule has 0 saturated carbocycles. The third-order valence-corrected chi connectivity index (χ3v) is 3.58. The quantitative estimate of drug-likeness (QED) is 0.427. The Hall–Kier alpha value is -0.940. The lowest BCUT2D eigenvalue weighted by Crippen LogP contribution is -2.10. The van der Waals surface area contributed by atoms with Crippen molar-refractivity contribution in [3.05, 3.63) is 35.4 Å². The van der Waals surface area contributed by atoms with Crippen LogP contribution in [0.4, 0.5) is 0 Å². The smallest absolute Gasteiger partial charge is 0.147 e. The average molecular weight is 310 g/mol. The van der Waals surface area contributed by atoms with Crippen molar-refractivity contribution >= 4 is 0 Å². The maximum atomic E-state index is 5.50. The lowest BCUT2D eigenvalue weighted by Gasteiger charge is -2.12. The van der Waals surface area contributed by atoms with Crippen LogP contribution in [0, 0.1) is 0 Å². The highest BCUT2D eigenvalue weighted by atomic mass is 16.7. The van der Waals surface area contributed by atoms with Gasteiger partial charge in [-0.05, 0) is 37.8 Å². The zero-order valence-electron chi connectivity index (χ0n) is 14.3. The molecule has 2 unspecified atom stereocenters. The molecule has 0 spiro atoms. The Labute approximate surface area is 134 Å². The minimum atomic E-state index is 0.247. The summed E-state index contributed by atoms with van der Waals surface area (Å²) in [5.41, 5.74) is 2.26. The Morgan fingerprint density at radius 2 is 1.09 bits per heavy atom. The van der Waals surface area contributed by atoms with Crippen LogP contribution < -0.4 is 0 Å². The van der Waals surface area contributed by atoms with Crippen LogP contribution in [0.2, 0.25) is 0 Å². The van der Waals surface area contributed by atoms with Gasteiger partial charge in [0.2, 0.25) is 0 Å². The number of hydrogen-bond acceptors (Lipinski definition) is 4. The normalized spacial score (nSPS) is 14.0. The van der Waals surface area contributed by atoms with Crippen LogP contribution in [0.3, 0.4) is 0 Å². The standard InChI is InChI=1S/C18H30O4/c1-5-15(3)21-13-19-11-17-7-9-18(10-8-17)12-20-14-22-16(4)6-2/h7-10,15-16H,5-6,11-14H2,1-4H3. The molecule has 0 heterocycles. The van der Waals surface area contributed by atoms with Gasteiger partial charge in [0.05, 0.1) is 25.4 Å². The first kappa shape index (κ1) is 19.1. The molecule has 0 amide bonds. The van der Waals surface area contributed by atoms with Crippen molar-refractivity contribution in [3.8, 4) is 0 Å². The van der Waals surface area contributed by atoms with Crippen LogP contribution in [-0.2, 0) is 32.2 Å². The van der Waals surface area contributed by atoms with Crippen molar-refractivity contribution in [1.29, 1.82) is 0 Å². The molecular weight excluding hydrogens is 280 g/mol. The van der Waals surface area contributed by atoms with E-state index in [4.69, 9.17) is 18.9 Å². The molecule has 1 aromatic rings. The lowest BCUT2D eigenvalue weighted by atomic mass is 10.1. The summed E-state index contributed by atoms with van der Waals surface area (Å²) in [6.07, 6.45) is 2.49. The predicted molar refractivity (Wildman–Crippen MR) is 87.4 cm³/mol. The first-order valence-electron chi connectivity index (χ1n) is 8.12. The van der Waals surface area contributed by atoms with Gasteiger partial charge in [-0.1, -0.05) is 38.1 Å². The van der Waals surface area contributed by atoms with Gasteiger partial charge in [0.15, 0.2) is 0 Å². The maximum Gasteiger partial charge on any atom is 0.147 e. The summed E-state index contributed by atoms with van der Waals surface area (Å²) < 4.78 is 21.9. The van der Waals surface area contributed by atoms with Crippen molar-refractivity contribution < 1.29 is 18.9 Å². The molecule has 4 heteroatoms.